The number of benzene rings is 2. The number of carbonyl (C=O) groups is 1. The van der Waals surface area contributed by atoms with E-state index in [2.05, 4.69) is 33.1 Å². The molecule has 0 saturated carbocycles. The molecule has 0 radical (unpaired) electrons. The number of likely N-dealkylation sites (tertiary alicyclic amines) is 1. The Balaban J connectivity index is 1.33. The Bertz CT molecular complexity index is 952. The molecule has 146 valence electrons. The van der Waals surface area contributed by atoms with Gasteiger partial charge in [-0.3, -0.25) is 0 Å². The molecule has 0 bridgehead atoms. The summed E-state index contributed by atoms with van der Waals surface area (Å²) < 4.78 is 7.39. The highest BCUT2D eigenvalue weighted by Gasteiger charge is 2.28. The number of rotatable bonds is 6. The van der Waals surface area contributed by atoms with Crippen molar-refractivity contribution in [2.45, 2.75) is 31.8 Å². The first kappa shape index (κ1) is 18.3. The van der Waals surface area contributed by atoms with Gasteiger partial charge in [0.1, 0.15) is 5.75 Å². The first-order valence-corrected chi connectivity index (χ1v) is 9.82. The number of hydrogen-bond acceptors (Lipinski definition) is 3. The van der Waals surface area contributed by atoms with Gasteiger partial charge in [-0.2, -0.15) is 0 Å². The number of ether oxygens (including phenoxy) is 1. The molecule has 6 heteroatoms. The smallest absolute Gasteiger partial charge is 0.317 e. The first-order chi connectivity index (χ1) is 13.7. The third-order valence-corrected chi connectivity index (χ3v) is 5.40. The second-order valence-corrected chi connectivity index (χ2v) is 7.20. The minimum Gasteiger partial charge on any atom is -0.497 e. The van der Waals surface area contributed by atoms with E-state index in [1.807, 2.05) is 41.6 Å². The van der Waals surface area contributed by atoms with Crippen molar-refractivity contribution in [1.82, 2.24) is 19.8 Å². The normalized spacial score (nSPS) is 16.5. The second kappa shape index (κ2) is 8.33. The van der Waals surface area contributed by atoms with Crippen LogP contribution in [0.5, 0.6) is 5.75 Å². The molecule has 1 aliphatic heterocycles. The predicted octanol–water partition coefficient (Wildman–Crippen LogP) is 3.46. The lowest BCUT2D eigenvalue weighted by molar-refractivity contribution is 0.192. The summed E-state index contributed by atoms with van der Waals surface area (Å²) in [6, 6.07) is 16.4. The maximum Gasteiger partial charge on any atom is 0.317 e. The molecule has 0 aliphatic carbocycles. The molecule has 2 heterocycles. The molecule has 1 fully saturated rings. The van der Waals surface area contributed by atoms with Crippen LogP contribution in [-0.4, -0.2) is 46.7 Å². The van der Waals surface area contributed by atoms with Crippen LogP contribution in [-0.2, 0) is 13.0 Å². The SMILES string of the molecule is COc1cccc(CC2CCCN2C(=O)NCCn2cnc3ccccc32)c1. The van der Waals surface area contributed by atoms with Crippen molar-refractivity contribution in [1.29, 1.82) is 0 Å². The fraction of sp³-hybridized carbons (Fsp3) is 0.364. The van der Waals surface area contributed by atoms with Gasteiger partial charge in [0.15, 0.2) is 0 Å². The Morgan fingerprint density at radius 3 is 3.04 bits per heavy atom. The van der Waals surface area contributed by atoms with E-state index >= 15 is 0 Å². The number of para-hydroxylation sites is 2. The highest BCUT2D eigenvalue weighted by molar-refractivity contribution is 5.76. The number of nitrogens with zero attached hydrogens (tertiary/aromatic N) is 3. The van der Waals surface area contributed by atoms with Crippen LogP contribution in [0.15, 0.2) is 54.9 Å². The third kappa shape index (κ3) is 3.96. The standard InChI is InChI=1S/C22H26N4O2/c1-28-19-8-4-6-17(15-19)14-18-7-5-12-26(18)22(27)23-11-13-25-16-24-20-9-2-3-10-21(20)25/h2-4,6,8-10,15-16,18H,5,7,11-14H2,1H3,(H,23,27). The molecule has 1 N–H and O–H groups in total. The molecule has 1 aromatic heterocycles. The summed E-state index contributed by atoms with van der Waals surface area (Å²) in [5.41, 5.74) is 3.27. The molecule has 1 aliphatic rings. The maximum absolute atomic E-state index is 12.7. The topological polar surface area (TPSA) is 59.4 Å². The molecular formula is C22H26N4O2. The van der Waals surface area contributed by atoms with E-state index in [4.69, 9.17) is 4.74 Å². The number of amides is 2. The molecule has 2 amide bonds. The molecule has 1 unspecified atom stereocenters. The van der Waals surface area contributed by atoms with Crippen LogP contribution in [0.3, 0.4) is 0 Å². The predicted molar refractivity (Wildman–Crippen MR) is 110 cm³/mol. The number of imidazole rings is 1. The average molecular weight is 378 g/mol. The van der Waals surface area contributed by atoms with E-state index in [0.717, 1.165) is 42.6 Å². The van der Waals surface area contributed by atoms with Gasteiger partial charge in [0.25, 0.3) is 0 Å². The molecule has 1 saturated heterocycles. The maximum atomic E-state index is 12.7. The third-order valence-electron chi connectivity index (χ3n) is 5.40. The largest absolute Gasteiger partial charge is 0.497 e. The van der Waals surface area contributed by atoms with Crippen molar-refractivity contribution in [2.75, 3.05) is 20.2 Å². The summed E-state index contributed by atoms with van der Waals surface area (Å²) in [4.78, 5) is 19.1. The molecule has 28 heavy (non-hydrogen) atoms. The lowest BCUT2D eigenvalue weighted by Crippen LogP contribution is -2.44. The summed E-state index contributed by atoms with van der Waals surface area (Å²) in [5, 5.41) is 3.08. The quantitative estimate of drug-likeness (QED) is 0.715. The van der Waals surface area contributed by atoms with Crippen molar-refractivity contribution in [3.63, 3.8) is 0 Å². The molecular weight excluding hydrogens is 352 g/mol. The van der Waals surface area contributed by atoms with Crippen LogP contribution in [0.25, 0.3) is 11.0 Å². The summed E-state index contributed by atoms with van der Waals surface area (Å²) in [5.74, 6) is 0.860. The summed E-state index contributed by atoms with van der Waals surface area (Å²) in [7, 11) is 1.68. The van der Waals surface area contributed by atoms with Gasteiger partial charge in [-0.25, -0.2) is 9.78 Å². The van der Waals surface area contributed by atoms with Gasteiger partial charge in [0.05, 0.1) is 24.5 Å². The summed E-state index contributed by atoms with van der Waals surface area (Å²) >= 11 is 0. The molecule has 0 spiro atoms. The number of fused-ring (bicyclic) bond motifs is 1. The highest BCUT2D eigenvalue weighted by Crippen LogP contribution is 2.23. The van der Waals surface area contributed by atoms with Gasteiger partial charge in [-0.05, 0) is 49.1 Å². The minimum absolute atomic E-state index is 0.0230. The minimum atomic E-state index is 0.0230. The zero-order valence-corrected chi connectivity index (χ0v) is 16.2. The van der Waals surface area contributed by atoms with E-state index in [0.29, 0.717) is 13.1 Å². The zero-order chi connectivity index (χ0) is 19.3. The van der Waals surface area contributed by atoms with Gasteiger partial charge >= 0.3 is 6.03 Å². The summed E-state index contributed by atoms with van der Waals surface area (Å²) in [6.45, 7) is 2.11. The van der Waals surface area contributed by atoms with Gasteiger partial charge in [0.2, 0.25) is 0 Å². The Labute approximate surface area is 165 Å². The Morgan fingerprint density at radius 1 is 1.25 bits per heavy atom. The lowest BCUT2D eigenvalue weighted by Gasteiger charge is -2.25. The van der Waals surface area contributed by atoms with Crippen LogP contribution >= 0.6 is 0 Å². The Kier molecular flexibility index (Phi) is 5.46. The Morgan fingerprint density at radius 2 is 2.14 bits per heavy atom. The van der Waals surface area contributed by atoms with Crippen molar-refractivity contribution >= 4 is 17.1 Å². The van der Waals surface area contributed by atoms with Crippen molar-refractivity contribution < 1.29 is 9.53 Å². The molecule has 1 atom stereocenters. The fourth-order valence-electron chi connectivity index (χ4n) is 3.96. The second-order valence-electron chi connectivity index (χ2n) is 7.20. The molecule has 3 aromatic rings. The summed E-state index contributed by atoms with van der Waals surface area (Å²) in [6.07, 6.45) is 4.78. The molecule has 6 nitrogen and oxygen atoms in total. The molecule has 4 rings (SSSR count). The number of urea groups is 1. The molecule has 2 aromatic carbocycles. The van der Waals surface area contributed by atoms with Crippen LogP contribution in [0.4, 0.5) is 4.79 Å². The van der Waals surface area contributed by atoms with Crippen LogP contribution in [0.2, 0.25) is 0 Å². The van der Waals surface area contributed by atoms with E-state index in [9.17, 15) is 4.79 Å². The van der Waals surface area contributed by atoms with E-state index < -0.39 is 0 Å². The van der Waals surface area contributed by atoms with Gasteiger partial charge in [-0.15, -0.1) is 0 Å². The zero-order valence-electron chi connectivity index (χ0n) is 16.2. The number of hydrogen-bond donors (Lipinski definition) is 1. The number of methoxy groups -OCH3 is 1. The monoisotopic (exact) mass is 378 g/mol. The van der Waals surface area contributed by atoms with E-state index in [-0.39, 0.29) is 12.1 Å². The first-order valence-electron chi connectivity index (χ1n) is 9.82. The van der Waals surface area contributed by atoms with E-state index in [1.54, 1.807) is 7.11 Å². The van der Waals surface area contributed by atoms with E-state index in [1.165, 1.54) is 5.56 Å². The van der Waals surface area contributed by atoms with Crippen LogP contribution < -0.4 is 10.1 Å². The van der Waals surface area contributed by atoms with Gasteiger partial charge in [0, 0.05) is 25.7 Å². The number of nitrogens with one attached hydrogen (secondary N) is 1. The van der Waals surface area contributed by atoms with Crippen LogP contribution in [0.1, 0.15) is 18.4 Å². The fourth-order valence-corrected chi connectivity index (χ4v) is 3.96. The number of carbonyl (C=O) groups excluding carboxylic acids is 1. The van der Waals surface area contributed by atoms with Crippen LogP contribution in [0, 0.1) is 0 Å². The van der Waals surface area contributed by atoms with Gasteiger partial charge < -0.3 is 19.5 Å². The average Bonchev–Trinajstić information content (AvgIpc) is 3.35. The highest BCUT2D eigenvalue weighted by atomic mass is 16.5. The van der Waals surface area contributed by atoms with Crippen molar-refractivity contribution in [3.05, 3.63) is 60.4 Å². The van der Waals surface area contributed by atoms with Crippen molar-refractivity contribution in [2.24, 2.45) is 0 Å². The Hall–Kier alpha value is -3.02. The number of aromatic nitrogens is 2. The lowest BCUT2D eigenvalue weighted by atomic mass is 10.0. The van der Waals surface area contributed by atoms with Gasteiger partial charge in [-0.1, -0.05) is 24.3 Å². The van der Waals surface area contributed by atoms with Crippen molar-refractivity contribution in [3.8, 4) is 5.75 Å².